The number of nitrogens with zero attached hydrogens (tertiary/aromatic N) is 2. The molecule has 0 spiro atoms. The summed E-state index contributed by atoms with van der Waals surface area (Å²) in [6.45, 7) is 3.55. The largest absolute Gasteiger partial charge is 0.404 e. The van der Waals surface area contributed by atoms with Crippen molar-refractivity contribution in [2.24, 2.45) is 11.5 Å². The molecule has 0 atom stereocenters. The van der Waals surface area contributed by atoms with Crippen LogP contribution >= 0.6 is 0 Å². The number of anilines is 2. The summed E-state index contributed by atoms with van der Waals surface area (Å²) >= 11 is 0. The normalized spacial score (nSPS) is 15.0. The molecule has 0 unspecified atom stereocenters. The number of hydrogen-bond donors (Lipinski definition) is 3. The van der Waals surface area contributed by atoms with Crippen LogP contribution in [0.5, 0.6) is 0 Å². The zero-order valence-corrected chi connectivity index (χ0v) is 15.7. The highest BCUT2D eigenvalue weighted by molar-refractivity contribution is 6.02. The Morgan fingerprint density at radius 2 is 1.96 bits per heavy atom. The molecule has 0 saturated carbocycles. The van der Waals surface area contributed by atoms with Crippen molar-refractivity contribution < 1.29 is 9.53 Å². The molecule has 2 aromatic rings. The molecule has 1 aromatic heterocycles. The van der Waals surface area contributed by atoms with Gasteiger partial charge in [-0.3, -0.25) is 9.78 Å². The first-order valence-electron chi connectivity index (χ1n) is 9.18. The fourth-order valence-electron chi connectivity index (χ4n) is 3.03. The summed E-state index contributed by atoms with van der Waals surface area (Å²) in [5, 5.41) is 2.87. The molecule has 7 nitrogen and oxygen atoms in total. The summed E-state index contributed by atoms with van der Waals surface area (Å²) in [6.07, 6.45) is 8.00. The van der Waals surface area contributed by atoms with Gasteiger partial charge < -0.3 is 26.4 Å². The molecule has 7 heteroatoms. The minimum absolute atomic E-state index is 0.222. The number of benzene rings is 1. The van der Waals surface area contributed by atoms with Crippen LogP contribution < -0.4 is 21.7 Å². The second-order valence-corrected chi connectivity index (χ2v) is 6.33. The molecule has 1 aliphatic heterocycles. The standard InChI is InChI=1S/C21H25N5O2/c22-13-17(14-23)20-7-8-24-15-16(20)1-6-21(27)25-18-2-4-19(5-3-18)26-9-11-28-12-10-26/h1-8,13,15H,9-12,14,22-23H2,(H,25,27)/b6-1+,17-13+. The monoisotopic (exact) mass is 379 g/mol. The van der Waals surface area contributed by atoms with Crippen LogP contribution in [0.3, 0.4) is 0 Å². The van der Waals surface area contributed by atoms with Crippen molar-refractivity contribution in [1.82, 2.24) is 4.98 Å². The number of morpholine rings is 1. The molecule has 1 aliphatic rings. The number of rotatable bonds is 6. The highest BCUT2D eigenvalue weighted by Gasteiger charge is 2.11. The van der Waals surface area contributed by atoms with E-state index in [1.165, 1.54) is 12.3 Å². The van der Waals surface area contributed by atoms with Gasteiger partial charge in [0, 0.05) is 55.0 Å². The molecule has 1 aromatic carbocycles. The lowest BCUT2D eigenvalue weighted by Crippen LogP contribution is -2.36. The highest BCUT2D eigenvalue weighted by Crippen LogP contribution is 2.20. The third-order valence-corrected chi connectivity index (χ3v) is 4.54. The van der Waals surface area contributed by atoms with Crippen molar-refractivity contribution in [2.45, 2.75) is 0 Å². The smallest absolute Gasteiger partial charge is 0.248 e. The van der Waals surface area contributed by atoms with Gasteiger partial charge in [-0.2, -0.15) is 0 Å². The number of aromatic nitrogens is 1. The van der Waals surface area contributed by atoms with E-state index in [4.69, 9.17) is 16.2 Å². The zero-order valence-electron chi connectivity index (χ0n) is 15.7. The number of carbonyl (C=O) groups is 1. The summed E-state index contributed by atoms with van der Waals surface area (Å²) in [6, 6.07) is 9.63. The van der Waals surface area contributed by atoms with Gasteiger partial charge in [0.15, 0.2) is 0 Å². The lowest BCUT2D eigenvalue weighted by molar-refractivity contribution is -0.111. The van der Waals surface area contributed by atoms with Crippen molar-refractivity contribution in [1.29, 1.82) is 0 Å². The number of ether oxygens (including phenoxy) is 1. The van der Waals surface area contributed by atoms with Crippen molar-refractivity contribution >= 4 is 28.9 Å². The summed E-state index contributed by atoms with van der Waals surface area (Å²) in [7, 11) is 0. The second kappa shape index (κ2) is 9.68. The summed E-state index contributed by atoms with van der Waals surface area (Å²) in [5.74, 6) is -0.222. The maximum absolute atomic E-state index is 12.3. The van der Waals surface area contributed by atoms with Crippen LogP contribution in [0.2, 0.25) is 0 Å². The third kappa shape index (κ3) is 4.97. The molecular weight excluding hydrogens is 354 g/mol. The van der Waals surface area contributed by atoms with Crippen molar-refractivity contribution in [3.8, 4) is 0 Å². The third-order valence-electron chi connectivity index (χ3n) is 4.54. The maximum atomic E-state index is 12.3. The van der Waals surface area contributed by atoms with Gasteiger partial charge in [-0.15, -0.1) is 0 Å². The Bertz CT molecular complexity index is 855. The number of carbonyl (C=O) groups excluding carboxylic acids is 1. The van der Waals surface area contributed by atoms with Crippen molar-refractivity contribution in [3.63, 3.8) is 0 Å². The van der Waals surface area contributed by atoms with Gasteiger partial charge in [-0.05, 0) is 53.7 Å². The van der Waals surface area contributed by atoms with E-state index in [2.05, 4.69) is 15.2 Å². The lowest BCUT2D eigenvalue weighted by atomic mass is 10.0. The maximum Gasteiger partial charge on any atom is 0.248 e. The second-order valence-electron chi connectivity index (χ2n) is 6.33. The number of pyridine rings is 1. The molecular formula is C21H25N5O2. The highest BCUT2D eigenvalue weighted by atomic mass is 16.5. The Hall–Kier alpha value is -3.16. The van der Waals surface area contributed by atoms with E-state index < -0.39 is 0 Å². The van der Waals surface area contributed by atoms with Gasteiger partial charge in [-0.25, -0.2) is 0 Å². The van der Waals surface area contributed by atoms with Gasteiger partial charge in [0.05, 0.1) is 13.2 Å². The first-order valence-corrected chi connectivity index (χ1v) is 9.18. The van der Waals surface area contributed by atoms with Crippen LogP contribution in [0.15, 0.2) is 55.0 Å². The Morgan fingerprint density at radius 3 is 2.64 bits per heavy atom. The van der Waals surface area contributed by atoms with Crippen LogP contribution in [-0.4, -0.2) is 43.7 Å². The molecule has 1 fully saturated rings. The number of nitrogens with two attached hydrogens (primary N) is 2. The molecule has 0 aliphatic carbocycles. The van der Waals surface area contributed by atoms with Crippen LogP contribution in [-0.2, 0) is 9.53 Å². The van der Waals surface area contributed by atoms with Crippen LogP contribution in [0.4, 0.5) is 11.4 Å². The van der Waals surface area contributed by atoms with Crippen molar-refractivity contribution in [2.75, 3.05) is 43.1 Å². The molecule has 2 heterocycles. The van der Waals surface area contributed by atoms with Crippen molar-refractivity contribution in [3.05, 3.63) is 66.1 Å². The SMILES string of the molecule is N/C=C(\CN)c1ccncc1/C=C/C(=O)Nc1ccc(N2CCOCC2)cc1. The van der Waals surface area contributed by atoms with E-state index in [-0.39, 0.29) is 5.91 Å². The number of hydrogen-bond acceptors (Lipinski definition) is 6. The minimum Gasteiger partial charge on any atom is -0.404 e. The Kier molecular flexibility index (Phi) is 6.78. The molecule has 28 heavy (non-hydrogen) atoms. The summed E-state index contributed by atoms with van der Waals surface area (Å²) < 4.78 is 5.37. The van der Waals surface area contributed by atoms with Crippen LogP contribution in [0.1, 0.15) is 11.1 Å². The van der Waals surface area contributed by atoms with Crippen LogP contribution in [0, 0.1) is 0 Å². The zero-order chi connectivity index (χ0) is 19.8. The van der Waals surface area contributed by atoms with E-state index in [1.54, 1.807) is 18.5 Å². The predicted octanol–water partition coefficient (Wildman–Crippen LogP) is 1.83. The quantitative estimate of drug-likeness (QED) is 0.661. The minimum atomic E-state index is -0.222. The Balaban J connectivity index is 1.64. The van der Waals surface area contributed by atoms with Gasteiger partial charge in [0.1, 0.15) is 0 Å². The Labute approximate surface area is 164 Å². The lowest BCUT2D eigenvalue weighted by Gasteiger charge is -2.28. The molecule has 5 N–H and O–H groups in total. The molecule has 146 valence electrons. The molecule has 1 saturated heterocycles. The number of nitrogens with one attached hydrogen (secondary N) is 1. The molecule has 3 rings (SSSR count). The van der Waals surface area contributed by atoms with E-state index in [1.807, 2.05) is 30.3 Å². The summed E-state index contributed by atoms with van der Waals surface area (Å²) in [5.41, 5.74) is 15.7. The van der Waals surface area contributed by atoms with Crippen LogP contribution in [0.25, 0.3) is 11.6 Å². The van der Waals surface area contributed by atoms with Gasteiger partial charge in [-0.1, -0.05) is 0 Å². The number of amides is 1. The topological polar surface area (TPSA) is 106 Å². The first-order chi connectivity index (χ1) is 13.7. The van der Waals surface area contributed by atoms with Gasteiger partial charge in [0.2, 0.25) is 5.91 Å². The first kappa shape index (κ1) is 19.6. The predicted molar refractivity (Wildman–Crippen MR) is 113 cm³/mol. The summed E-state index contributed by atoms with van der Waals surface area (Å²) in [4.78, 5) is 18.7. The fourth-order valence-corrected chi connectivity index (χ4v) is 3.03. The molecule has 0 bridgehead atoms. The van der Waals surface area contributed by atoms with E-state index in [9.17, 15) is 4.79 Å². The van der Waals surface area contributed by atoms with E-state index in [0.717, 1.165) is 54.4 Å². The van der Waals surface area contributed by atoms with Gasteiger partial charge >= 0.3 is 0 Å². The van der Waals surface area contributed by atoms with E-state index in [0.29, 0.717) is 6.54 Å². The molecule has 1 amide bonds. The fraction of sp³-hybridized carbons (Fsp3) is 0.238. The van der Waals surface area contributed by atoms with E-state index >= 15 is 0 Å². The average Bonchev–Trinajstić information content (AvgIpc) is 2.75. The molecule has 0 radical (unpaired) electrons. The Morgan fingerprint density at radius 1 is 1.21 bits per heavy atom. The van der Waals surface area contributed by atoms with Gasteiger partial charge in [0.25, 0.3) is 0 Å². The average molecular weight is 379 g/mol.